The Morgan fingerprint density at radius 1 is 1.34 bits per heavy atom. The molecule has 0 bridgehead atoms. The molecule has 0 radical (unpaired) electrons. The second kappa shape index (κ2) is 7.64. The van der Waals surface area contributed by atoms with Crippen LogP contribution in [0.25, 0.3) is 0 Å². The van der Waals surface area contributed by atoms with Gasteiger partial charge in [-0.15, -0.1) is 0 Å². The second-order valence-corrected chi connectivity index (χ2v) is 6.99. The number of aromatic nitrogens is 4. The second-order valence-electron chi connectivity index (χ2n) is 6.61. The minimum atomic E-state index is -2.59. The zero-order valence-corrected chi connectivity index (χ0v) is 15.8. The summed E-state index contributed by atoms with van der Waals surface area (Å²) in [6.07, 6.45) is -0.608. The van der Waals surface area contributed by atoms with Crippen LogP contribution in [0.4, 0.5) is 14.5 Å². The van der Waals surface area contributed by atoms with E-state index >= 15 is 0 Å². The van der Waals surface area contributed by atoms with Gasteiger partial charge in [0, 0.05) is 36.3 Å². The van der Waals surface area contributed by atoms with Gasteiger partial charge in [0.1, 0.15) is 11.1 Å². The molecule has 7 nitrogen and oxygen atoms in total. The molecule has 0 fully saturated rings. The quantitative estimate of drug-likeness (QED) is 0.706. The van der Waals surface area contributed by atoms with Crippen molar-refractivity contribution in [2.75, 3.05) is 11.4 Å². The van der Waals surface area contributed by atoms with Gasteiger partial charge < -0.3 is 4.90 Å². The molecule has 1 N–H and O–H groups in total. The first-order valence-electron chi connectivity index (χ1n) is 8.82. The number of hydrogen-bond donors (Lipinski definition) is 1. The molecule has 0 unspecified atom stereocenters. The van der Waals surface area contributed by atoms with Crippen molar-refractivity contribution in [3.05, 3.63) is 73.9 Å². The topological polar surface area (TPSA) is 90.6 Å². The van der Waals surface area contributed by atoms with E-state index in [1.807, 2.05) is 4.90 Å². The predicted octanol–water partition coefficient (Wildman–Crippen LogP) is 3.04. The van der Waals surface area contributed by atoms with E-state index in [0.29, 0.717) is 36.3 Å². The summed E-state index contributed by atoms with van der Waals surface area (Å²) < 4.78 is 28.2. The van der Waals surface area contributed by atoms with E-state index in [1.54, 1.807) is 22.9 Å². The van der Waals surface area contributed by atoms with Crippen molar-refractivity contribution in [3.63, 3.8) is 0 Å². The SMILES string of the molecule is N#Cc1nn(Cc2ccccc2C(F)F)c2c1CN(c1cn[nH]c(=O)c1Cl)CC2. The van der Waals surface area contributed by atoms with Gasteiger partial charge in [-0.2, -0.15) is 15.5 Å². The van der Waals surface area contributed by atoms with Crippen LogP contribution in [0.5, 0.6) is 0 Å². The largest absolute Gasteiger partial charge is 0.364 e. The number of nitrogens with one attached hydrogen (secondary N) is 1. The van der Waals surface area contributed by atoms with Gasteiger partial charge in [-0.05, 0) is 5.56 Å². The molecule has 0 atom stereocenters. The first-order chi connectivity index (χ1) is 14.0. The molecular weight excluding hydrogens is 402 g/mol. The minimum Gasteiger partial charge on any atom is -0.364 e. The number of aromatic amines is 1. The monoisotopic (exact) mass is 416 g/mol. The highest BCUT2D eigenvalue weighted by Gasteiger charge is 2.27. The Bertz CT molecular complexity index is 1170. The van der Waals surface area contributed by atoms with Gasteiger partial charge in [0.25, 0.3) is 12.0 Å². The predicted molar refractivity (Wildman–Crippen MR) is 102 cm³/mol. The molecule has 3 aromatic rings. The highest BCUT2D eigenvalue weighted by atomic mass is 35.5. The minimum absolute atomic E-state index is 0.0280. The molecule has 2 aromatic heterocycles. The summed E-state index contributed by atoms with van der Waals surface area (Å²) in [4.78, 5) is 13.6. The molecule has 1 aromatic carbocycles. The summed E-state index contributed by atoms with van der Waals surface area (Å²) >= 11 is 6.10. The van der Waals surface area contributed by atoms with Crippen LogP contribution in [0.15, 0.2) is 35.3 Å². The summed E-state index contributed by atoms with van der Waals surface area (Å²) in [5.74, 6) is 0. The molecule has 10 heteroatoms. The number of anilines is 1. The standard InChI is InChI=1S/C19H15ClF2N6O/c20-17-16(8-24-25-19(17)29)27-6-5-15-13(10-27)14(7-23)26-28(15)9-11-3-1-2-4-12(11)18(21)22/h1-4,8,18H,5-6,9-10H2,(H,25,29). The zero-order chi connectivity index (χ0) is 20.5. The first-order valence-corrected chi connectivity index (χ1v) is 9.20. The number of alkyl halides is 2. The summed E-state index contributed by atoms with van der Waals surface area (Å²) in [6.45, 7) is 0.988. The maximum Gasteiger partial charge on any atom is 0.285 e. The maximum atomic E-state index is 13.3. The highest BCUT2D eigenvalue weighted by molar-refractivity contribution is 6.33. The molecule has 4 rings (SSSR count). The average molecular weight is 417 g/mol. The van der Waals surface area contributed by atoms with E-state index in [0.717, 1.165) is 5.69 Å². The van der Waals surface area contributed by atoms with E-state index in [1.165, 1.54) is 12.3 Å². The van der Waals surface area contributed by atoms with Gasteiger partial charge in [0.2, 0.25) is 0 Å². The van der Waals surface area contributed by atoms with Gasteiger partial charge in [0.15, 0.2) is 5.69 Å². The van der Waals surface area contributed by atoms with Crippen LogP contribution in [0, 0.1) is 11.3 Å². The third-order valence-corrected chi connectivity index (χ3v) is 5.33. The molecule has 0 spiro atoms. The molecule has 1 aliphatic rings. The number of nitrogens with zero attached hydrogens (tertiary/aromatic N) is 5. The Hall–Kier alpha value is -3.25. The van der Waals surface area contributed by atoms with Crippen molar-refractivity contribution in [2.45, 2.75) is 25.9 Å². The number of hydrogen-bond acceptors (Lipinski definition) is 5. The van der Waals surface area contributed by atoms with Crippen LogP contribution in [-0.4, -0.2) is 26.5 Å². The number of nitriles is 1. The van der Waals surface area contributed by atoms with Crippen LogP contribution in [-0.2, 0) is 19.5 Å². The fourth-order valence-corrected chi connectivity index (χ4v) is 3.77. The van der Waals surface area contributed by atoms with Crippen molar-refractivity contribution >= 4 is 17.3 Å². The smallest absolute Gasteiger partial charge is 0.285 e. The lowest BCUT2D eigenvalue weighted by Crippen LogP contribution is -2.32. The number of rotatable bonds is 4. The highest BCUT2D eigenvalue weighted by Crippen LogP contribution is 2.30. The molecule has 29 heavy (non-hydrogen) atoms. The van der Waals surface area contributed by atoms with Crippen molar-refractivity contribution < 1.29 is 8.78 Å². The van der Waals surface area contributed by atoms with Crippen molar-refractivity contribution in [3.8, 4) is 6.07 Å². The summed E-state index contributed by atoms with van der Waals surface area (Å²) in [7, 11) is 0. The average Bonchev–Trinajstić information content (AvgIpc) is 3.07. The molecular formula is C19H15ClF2N6O. The van der Waals surface area contributed by atoms with Crippen LogP contribution in [0.1, 0.15) is 34.5 Å². The Morgan fingerprint density at radius 2 is 2.14 bits per heavy atom. The van der Waals surface area contributed by atoms with Gasteiger partial charge in [0.05, 0.1) is 18.4 Å². The first kappa shape index (κ1) is 19.1. The summed E-state index contributed by atoms with van der Waals surface area (Å²) in [5, 5.41) is 19.9. The van der Waals surface area contributed by atoms with Gasteiger partial charge in [-0.25, -0.2) is 13.9 Å². The van der Waals surface area contributed by atoms with Crippen LogP contribution in [0.2, 0.25) is 5.02 Å². The van der Waals surface area contributed by atoms with E-state index in [2.05, 4.69) is 21.4 Å². The summed E-state index contributed by atoms with van der Waals surface area (Å²) in [5.41, 5.74) is 2.14. The maximum absolute atomic E-state index is 13.3. The van der Waals surface area contributed by atoms with Crippen LogP contribution >= 0.6 is 11.6 Å². The Kier molecular flexibility index (Phi) is 5.03. The fraction of sp³-hybridized carbons (Fsp3) is 0.263. The van der Waals surface area contributed by atoms with Crippen LogP contribution in [0.3, 0.4) is 0 Å². The normalized spacial score (nSPS) is 13.4. The Labute approximate surface area is 169 Å². The molecule has 0 amide bonds. The van der Waals surface area contributed by atoms with Crippen molar-refractivity contribution in [2.24, 2.45) is 0 Å². The zero-order valence-electron chi connectivity index (χ0n) is 15.1. The van der Waals surface area contributed by atoms with Crippen LogP contribution < -0.4 is 10.5 Å². The van der Waals surface area contributed by atoms with E-state index in [4.69, 9.17) is 11.6 Å². The van der Waals surface area contributed by atoms with Gasteiger partial charge in [-0.1, -0.05) is 35.9 Å². The van der Waals surface area contributed by atoms with Crippen molar-refractivity contribution in [1.29, 1.82) is 5.26 Å². The van der Waals surface area contributed by atoms with E-state index < -0.39 is 12.0 Å². The summed E-state index contributed by atoms with van der Waals surface area (Å²) in [6, 6.07) is 8.38. The lowest BCUT2D eigenvalue weighted by molar-refractivity contribution is 0.150. The molecule has 0 aliphatic carbocycles. The van der Waals surface area contributed by atoms with Gasteiger partial charge >= 0.3 is 0 Å². The molecule has 1 aliphatic heterocycles. The molecule has 0 saturated carbocycles. The van der Waals surface area contributed by atoms with E-state index in [-0.39, 0.29) is 22.8 Å². The van der Waals surface area contributed by atoms with Gasteiger partial charge in [-0.3, -0.25) is 9.48 Å². The molecule has 148 valence electrons. The number of H-pyrrole nitrogens is 1. The molecule has 0 saturated heterocycles. The number of benzene rings is 1. The van der Waals surface area contributed by atoms with Crippen molar-refractivity contribution in [1.82, 2.24) is 20.0 Å². The Morgan fingerprint density at radius 3 is 2.90 bits per heavy atom. The molecule has 3 heterocycles. The number of halogens is 3. The number of fused-ring (bicyclic) bond motifs is 1. The third kappa shape index (κ3) is 3.47. The Balaban J connectivity index is 1.69. The fourth-order valence-electron chi connectivity index (χ4n) is 3.56. The lowest BCUT2D eigenvalue weighted by atomic mass is 10.0. The van der Waals surface area contributed by atoms with E-state index in [9.17, 15) is 18.8 Å². The third-order valence-electron chi connectivity index (χ3n) is 4.97. The lowest BCUT2D eigenvalue weighted by Gasteiger charge is -2.29.